The molecule has 0 saturated carbocycles. The Morgan fingerprint density at radius 3 is 2.35 bits per heavy atom. The zero-order valence-electron chi connectivity index (χ0n) is 8.85. The molecular weight excluding hydrogens is 220 g/mol. The summed E-state index contributed by atoms with van der Waals surface area (Å²) >= 11 is 0. The quantitative estimate of drug-likeness (QED) is 0.865. The molecule has 0 aliphatic heterocycles. The van der Waals surface area contributed by atoms with Gasteiger partial charge in [0.15, 0.2) is 0 Å². The number of benzene rings is 1. The van der Waals surface area contributed by atoms with E-state index in [0.29, 0.717) is 5.56 Å². The van der Waals surface area contributed by atoms with E-state index in [9.17, 15) is 4.79 Å². The Labute approximate surface area is 97.7 Å². The topological polar surface area (TPSA) is 72.3 Å². The summed E-state index contributed by atoms with van der Waals surface area (Å²) < 4.78 is 5.24. The average Bonchev–Trinajstić information content (AvgIpc) is 2.38. The predicted octanol–water partition coefficient (Wildman–Crippen LogP) is 1.68. The second-order valence-corrected chi connectivity index (χ2v) is 3.28. The number of carboxylic acid groups (broad SMARTS) is 1. The van der Waals surface area contributed by atoms with E-state index in [1.807, 2.05) is 0 Å². The number of carbonyl (C=O) groups is 1. The van der Waals surface area contributed by atoms with Crippen molar-refractivity contribution in [2.45, 2.75) is 6.10 Å². The van der Waals surface area contributed by atoms with Gasteiger partial charge in [-0.1, -0.05) is 30.3 Å². The van der Waals surface area contributed by atoms with Crippen molar-refractivity contribution in [1.82, 2.24) is 9.97 Å². The van der Waals surface area contributed by atoms with Crippen LogP contribution in [0.3, 0.4) is 0 Å². The van der Waals surface area contributed by atoms with E-state index in [0.717, 1.165) is 0 Å². The third-order valence-corrected chi connectivity index (χ3v) is 2.09. The molecule has 0 saturated heterocycles. The minimum Gasteiger partial charge on any atom is -0.478 e. The lowest BCUT2D eigenvalue weighted by Gasteiger charge is -2.13. The fourth-order valence-corrected chi connectivity index (χ4v) is 1.34. The van der Waals surface area contributed by atoms with E-state index in [-0.39, 0.29) is 6.01 Å². The van der Waals surface area contributed by atoms with Gasteiger partial charge in [-0.2, -0.15) is 0 Å². The zero-order valence-corrected chi connectivity index (χ0v) is 8.85. The summed E-state index contributed by atoms with van der Waals surface area (Å²) in [6.07, 6.45) is 1.89. The summed E-state index contributed by atoms with van der Waals surface area (Å²) in [5.41, 5.74) is 0.549. The van der Waals surface area contributed by atoms with E-state index < -0.39 is 12.1 Å². The first-order chi connectivity index (χ1) is 8.27. The molecule has 5 heteroatoms. The van der Waals surface area contributed by atoms with Crippen molar-refractivity contribution < 1.29 is 14.6 Å². The zero-order chi connectivity index (χ0) is 12.1. The SMILES string of the molecule is O=C(O)[C@@H](Oc1ncccn1)c1ccccc1. The summed E-state index contributed by atoms with van der Waals surface area (Å²) in [5, 5.41) is 9.11. The Hall–Kier alpha value is -2.43. The van der Waals surface area contributed by atoms with Gasteiger partial charge in [-0.3, -0.25) is 0 Å². The molecule has 0 unspecified atom stereocenters. The molecule has 1 heterocycles. The van der Waals surface area contributed by atoms with Crippen LogP contribution in [0.4, 0.5) is 0 Å². The Morgan fingerprint density at radius 2 is 1.76 bits per heavy atom. The maximum Gasteiger partial charge on any atom is 0.349 e. The maximum atomic E-state index is 11.1. The maximum absolute atomic E-state index is 11.1. The highest BCUT2D eigenvalue weighted by atomic mass is 16.5. The molecule has 0 aliphatic carbocycles. The van der Waals surface area contributed by atoms with E-state index >= 15 is 0 Å². The molecule has 1 aromatic carbocycles. The van der Waals surface area contributed by atoms with Gasteiger partial charge in [0.25, 0.3) is 0 Å². The van der Waals surface area contributed by atoms with E-state index in [2.05, 4.69) is 9.97 Å². The third kappa shape index (κ3) is 2.78. The summed E-state index contributed by atoms with van der Waals surface area (Å²) in [6.45, 7) is 0. The van der Waals surface area contributed by atoms with Crippen molar-refractivity contribution in [1.29, 1.82) is 0 Å². The Morgan fingerprint density at radius 1 is 1.12 bits per heavy atom. The lowest BCUT2D eigenvalue weighted by molar-refractivity contribution is -0.145. The van der Waals surface area contributed by atoms with Crippen LogP contribution in [0, 0.1) is 0 Å². The largest absolute Gasteiger partial charge is 0.478 e. The summed E-state index contributed by atoms with van der Waals surface area (Å²) in [6, 6.07) is 10.3. The molecule has 1 N–H and O–H groups in total. The van der Waals surface area contributed by atoms with Crippen LogP contribution in [0.25, 0.3) is 0 Å². The van der Waals surface area contributed by atoms with Crippen LogP contribution < -0.4 is 4.74 Å². The first kappa shape index (κ1) is 11.1. The third-order valence-electron chi connectivity index (χ3n) is 2.09. The fraction of sp³-hybridized carbons (Fsp3) is 0.0833. The number of hydrogen-bond acceptors (Lipinski definition) is 4. The van der Waals surface area contributed by atoms with Gasteiger partial charge in [0.2, 0.25) is 6.10 Å². The van der Waals surface area contributed by atoms with Crippen molar-refractivity contribution in [3.63, 3.8) is 0 Å². The number of rotatable bonds is 4. The van der Waals surface area contributed by atoms with Crippen LogP contribution in [0.1, 0.15) is 11.7 Å². The Bertz CT molecular complexity index is 488. The lowest BCUT2D eigenvalue weighted by Crippen LogP contribution is -2.19. The van der Waals surface area contributed by atoms with Gasteiger partial charge in [0, 0.05) is 18.0 Å². The highest BCUT2D eigenvalue weighted by Crippen LogP contribution is 2.18. The molecule has 0 radical (unpaired) electrons. The monoisotopic (exact) mass is 230 g/mol. The molecule has 2 rings (SSSR count). The standard InChI is InChI=1S/C12H10N2O3/c15-11(16)10(9-5-2-1-3-6-9)17-12-13-7-4-8-14-12/h1-8,10H,(H,15,16)/t10-/m0/s1. The normalized spacial score (nSPS) is 11.8. The molecule has 0 fully saturated rings. The van der Waals surface area contributed by atoms with Crippen molar-refractivity contribution in [2.24, 2.45) is 0 Å². The smallest absolute Gasteiger partial charge is 0.349 e. The van der Waals surface area contributed by atoms with Gasteiger partial charge in [-0.25, -0.2) is 14.8 Å². The van der Waals surface area contributed by atoms with Crippen molar-refractivity contribution in [3.05, 3.63) is 54.4 Å². The molecule has 0 spiro atoms. The second-order valence-electron chi connectivity index (χ2n) is 3.28. The van der Waals surface area contributed by atoms with Crippen molar-refractivity contribution in [3.8, 4) is 6.01 Å². The summed E-state index contributed by atoms with van der Waals surface area (Å²) in [7, 11) is 0. The molecule has 2 aromatic rings. The van der Waals surface area contributed by atoms with E-state index in [4.69, 9.17) is 9.84 Å². The number of carboxylic acids is 1. The lowest BCUT2D eigenvalue weighted by atomic mass is 10.1. The number of hydrogen-bond donors (Lipinski definition) is 1. The number of aromatic nitrogens is 2. The molecule has 0 amide bonds. The molecule has 5 nitrogen and oxygen atoms in total. The summed E-state index contributed by atoms with van der Waals surface area (Å²) in [5.74, 6) is -1.08. The van der Waals surface area contributed by atoms with Crippen LogP contribution in [0.5, 0.6) is 6.01 Å². The van der Waals surface area contributed by atoms with Crippen LogP contribution >= 0.6 is 0 Å². The number of nitrogens with zero attached hydrogens (tertiary/aromatic N) is 2. The van der Waals surface area contributed by atoms with Crippen LogP contribution in [0.2, 0.25) is 0 Å². The molecule has 1 aromatic heterocycles. The van der Waals surface area contributed by atoms with E-state index in [1.165, 1.54) is 12.4 Å². The van der Waals surface area contributed by atoms with Gasteiger partial charge in [0.1, 0.15) is 0 Å². The van der Waals surface area contributed by atoms with Crippen LogP contribution in [-0.4, -0.2) is 21.0 Å². The van der Waals surface area contributed by atoms with Gasteiger partial charge in [0.05, 0.1) is 0 Å². The van der Waals surface area contributed by atoms with Crippen LogP contribution in [0.15, 0.2) is 48.8 Å². The molecule has 17 heavy (non-hydrogen) atoms. The van der Waals surface area contributed by atoms with E-state index in [1.54, 1.807) is 36.4 Å². The average molecular weight is 230 g/mol. The minimum atomic E-state index is -1.10. The first-order valence-electron chi connectivity index (χ1n) is 4.99. The van der Waals surface area contributed by atoms with Gasteiger partial charge in [-0.05, 0) is 6.07 Å². The minimum absolute atomic E-state index is 0.0451. The van der Waals surface area contributed by atoms with Gasteiger partial charge < -0.3 is 9.84 Å². The molecule has 86 valence electrons. The number of aliphatic carboxylic acids is 1. The Balaban J connectivity index is 2.23. The highest BCUT2D eigenvalue weighted by molar-refractivity contribution is 5.74. The number of ether oxygens (including phenoxy) is 1. The van der Waals surface area contributed by atoms with Crippen molar-refractivity contribution in [2.75, 3.05) is 0 Å². The Kier molecular flexibility index (Phi) is 3.30. The molecule has 0 aliphatic rings. The van der Waals surface area contributed by atoms with Crippen LogP contribution in [-0.2, 0) is 4.79 Å². The molecule has 0 bridgehead atoms. The highest BCUT2D eigenvalue weighted by Gasteiger charge is 2.22. The predicted molar refractivity (Wildman–Crippen MR) is 59.5 cm³/mol. The first-order valence-corrected chi connectivity index (χ1v) is 4.99. The summed E-state index contributed by atoms with van der Waals surface area (Å²) in [4.78, 5) is 18.8. The van der Waals surface area contributed by atoms with Gasteiger partial charge >= 0.3 is 12.0 Å². The molecular formula is C12H10N2O3. The second kappa shape index (κ2) is 5.07. The van der Waals surface area contributed by atoms with Crippen molar-refractivity contribution >= 4 is 5.97 Å². The molecule has 1 atom stereocenters. The van der Waals surface area contributed by atoms with Gasteiger partial charge in [-0.15, -0.1) is 0 Å². The fourth-order valence-electron chi connectivity index (χ4n) is 1.34.